The van der Waals surface area contributed by atoms with Gasteiger partial charge in [-0.1, -0.05) is 6.92 Å². The van der Waals surface area contributed by atoms with Gasteiger partial charge in [0, 0.05) is 18.7 Å². The highest BCUT2D eigenvalue weighted by molar-refractivity contribution is 4.75. The monoisotopic (exact) mass is 214 g/mol. The van der Waals surface area contributed by atoms with E-state index >= 15 is 0 Å². The van der Waals surface area contributed by atoms with E-state index < -0.39 is 0 Å². The molecule has 0 spiro atoms. The minimum absolute atomic E-state index is 0.145. The van der Waals surface area contributed by atoms with Gasteiger partial charge in [0.05, 0.1) is 6.61 Å². The molecule has 1 aliphatic heterocycles. The van der Waals surface area contributed by atoms with Gasteiger partial charge in [0.15, 0.2) is 0 Å². The quantitative estimate of drug-likeness (QED) is 0.654. The van der Waals surface area contributed by atoms with Crippen LogP contribution in [0.1, 0.15) is 39.5 Å². The summed E-state index contributed by atoms with van der Waals surface area (Å²) in [5, 5.41) is 0. The predicted molar refractivity (Wildman–Crippen MR) is 64.0 cm³/mol. The lowest BCUT2D eigenvalue weighted by Crippen LogP contribution is -2.40. The Hall–Kier alpha value is -0.120. The third kappa shape index (κ3) is 5.50. The molecule has 0 amide bonds. The first-order chi connectivity index (χ1) is 7.14. The molecule has 1 aliphatic rings. The molecule has 90 valence electrons. The van der Waals surface area contributed by atoms with Crippen LogP contribution in [0.15, 0.2) is 0 Å². The second-order valence-electron chi connectivity index (χ2n) is 4.96. The van der Waals surface area contributed by atoms with Gasteiger partial charge < -0.3 is 15.4 Å². The highest BCUT2D eigenvalue weighted by atomic mass is 16.5. The fourth-order valence-electron chi connectivity index (χ4n) is 1.80. The van der Waals surface area contributed by atoms with E-state index in [0.29, 0.717) is 6.61 Å². The van der Waals surface area contributed by atoms with E-state index in [9.17, 15) is 0 Å². The van der Waals surface area contributed by atoms with Gasteiger partial charge in [0.2, 0.25) is 0 Å². The maximum absolute atomic E-state index is 5.98. The maximum Gasteiger partial charge on any atom is 0.0643 e. The smallest absolute Gasteiger partial charge is 0.0643 e. The highest BCUT2D eigenvalue weighted by Crippen LogP contribution is 2.08. The van der Waals surface area contributed by atoms with Crippen LogP contribution in [0.4, 0.5) is 0 Å². The summed E-state index contributed by atoms with van der Waals surface area (Å²) in [4.78, 5) is 2.52. The molecule has 3 heteroatoms. The fourth-order valence-corrected chi connectivity index (χ4v) is 1.80. The first kappa shape index (κ1) is 12.9. The van der Waals surface area contributed by atoms with E-state index in [1.807, 2.05) is 6.92 Å². The summed E-state index contributed by atoms with van der Waals surface area (Å²) < 4.78 is 5.60. The summed E-state index contributed by atoms with van der Waals surface area (Å²) in [6.45, 7) is 9.44. The fraction of sp³-hybridized carbons (Fsp3) is 1.00. The third-order valence-electron chi connectivity index (χ3n) is 3.20. The topological polar surface area (TPSA) is 38.5 Å². The molecule has 1 fully saturated rings. The van der Waals surface area contributed by atoms with Crippen LogP contribution in [0.5, 0.6) is 0 Å². The van der Waals surface area contributed by atoms with E-state index in [2.05, 4.69) is 11.8 Å². The molecule has 1 unspecified atom stereocenters. The van der Waals surface area contributed by atoms with E-state index in [1.165, 1.54) is 32.5 Å². The van der Waals surface area contributed by atoms with Crippen molar-refractivity contribution in [1.82, 2.24) is 4.90 Å². The van der Waals surface area contributed by atoms with E-state index in [-0.39, 0.29) is 5.54 Å². The molecule has 0 radical (unpaired) electrons. The zero-order valence-corrected chi connectivity index (χ0v) is 10.3. The molecule has 3 nitrogen and oxygen atoms in total. The van der Waals surface area contributed by atoms with Crippen LogP contribution < -0.4 is 5.73 Å². The summed E-state index contributed by atoms with van der Waals surface area (Å²) in [6, 6.07) is 0. The lowest BCUT2D eigenvalue weighted by Gasteiger charge is -2.22. The lowest BCUT2D eigenvalue weighted by molar-refractivity contribution is 0.0828. The largest absolute Gasteiger partial charge is 0.380 e. The van der Waals surface area contributed by atoms with Crippen molar-refractivity contribution < 1.29 is 4.74 Å². The minimum Gasteiger partial charge on any atom is -0.380 e. The predicted octanol–water partition coefficient (Wildman–Crippen LogP) is 1.62. The molecule has 2 N–H and O–H groups in total. The number of ether oxygens (including phenoxy) is 1. The van der Waals surface area contributed by atoms with Gasteiger partial charge in [-0.2, -0.15) is 0 Å². The number of rotatable bonds is 7. The molecule has 15 heavy (non-hydrogen) atoms. The Morgan fingerprint density at radius 2 is 2.00 bits per heavy atom. The van der Waals surface area contributed by atoms with Gasteiger partial charge in [0.25, 0.3) is 0 Å². The van der Waals surface area contributed by atoms with E-state index in [0.717, 1.165) is 19.4 Å². The second kappa shape index (κ2) is 6.46. The maximum atomic E-state index is 5.98. The molecule has 0 aromatic carbocycles. The summed E-state index contributed by atoms with van der Waals surface area (Å²) in [6.07, 6.45) is 4.86. The van der Waals surface area contributed by atoms with Crippen LogP contribution in [-0.2, 0) is 4.74 Å². The Balaban J connectivity index is 1.92. The van der Waals surface area contributed by atoms with Crippen molar-refractivity contribution in [2.24, 2.45) is 5.73 Å². The van der Waals surface area contributed by atoms with Gasteiger partial charge in [0.1, 0.15) is 0 Å². The van der Waals surface area contributed by atoms with Crippen LogP contribution in [0, 0.1) is 0 Å². The Morgan fingerprint density at radius 1 is 1.33 bits per heavy atom. The Morgan fingerprint density at radius 3 is 2.60 bits per heavy atom. The molecule has 0 bridgehead atoms. The van der Waals surface area contributed by atoms with Crippen LogP contribution in [0.3, 0.4) is 0 Å². The average molecular weight is 214 g/mol. The van der Waals surface area contributed by atoms with Crippen molar-refractivity contribution in [1.29, 1.82) is 0 Å². The normalized spacial score (nSPS) is 21.8. The summed E-state index contributed by atoms with van der Waals surface area (Å²) in [5.74, 6) is 0. The van der Waals surface area contributed by atoms with Crippen molar-refractivity contribution in [3.63, 3.8) is 0 Å². The van der Waals surface area contributed by atoms with Crippen molar-refractivity contribution in [3.05, 3.63) is 0 Å². The first-order valence-corrected chi connectivity index (χ1v) is 6.23. The number of hydrogen-bond donors (Lipinski definition) is 1. The van der Waals surface area contributed by atoms with Gasteiger partial charge in [-0.3, -0.25) is 0 Å². The van der Waals surface area contributed by atoms with Gasteiger partial charge in [-0.05, 0) is 45.7 Å². The number of likely N-dealkylation sites (tertiary alicyclic amines) is 1. The number of hydrogen-bond acceptors (Lipinski definition) is 3. The van der Waals surface area contributed by atoms with Crippen molar-refractivity contribution in [2.45, 2.75) is 45.1 Å². The molecule has 0 saturated carbocycles. The Labute approximate surface area is 94.0 Å². The molecular weight excluding hydrogens is 188 g/mol. The van der Waals surface area contributed by atoms with Crippen LogP contribution in [-0.4, -0.2) is 43.3 Å². The molecule has 1 heterocycles. The summed E-state index contributed by atoms with van der Waals surface area (Å²) in [7, 11) is 0. The first-order valence-electron chi connectivity index (χ1n) is 6.23. The van der Waals surface area contributed by atoms with Crippen molar-refractivity contribution >= 4 is 0 Å². The number of nitrogens with two attached hydrogens (primary N) is 1. The van der Waals surface area contributed by atoms with E-state index in [4.69, 9.17) is 10.5 Å². The number of nitrogens with zero attached hydrogens (tertiary/aromatic N) is 1. The molecule has 0 aliphatic carbocycles. The van der Waals surface area contributed by atoms with Gasteiger partial charge >= 0.3 is 0 Å². The van der Waals surface area contributed by atoms with Crippen LogP contribution in [0.25, 0.3) is 0 Å². The zero-order valence-electron chi connectivity index (χ0n) is 10.3. The standard InChI is InChI=1S/C12H26N2O/c1-3-12(2,13)11-15-10-6-9-14-7-4-5-8-14/h3-11,13H2,1-2H3. The van der Waals surface area contributed by atoms with Crippen LogP contribution >= 0.6 is 0 Å². The Kier molecular flexibility index (Phi) is 5.58. The molecule has 0 aromatic rings. The second-order valence-corrected chi connectivity index (χ2v) is 4.96. The lowest BCUT2D eigenvalue weighted by atomic mass is 10.0. The highest BCUT2D eigenvalue weighted by Gasteiger charge is 2.15. The van der Waals surface area contributed by atoms with Crippen molar-refractivity contribution in [3.8, 4) is 0 Å². The third-order valence-corrected chi connectivity index (χ3v) is 3.20. The van der Waals surface area contributed by atoms with Gasteiger partial charge in [-0.15, -0.1) is 0 Å². The zero-order chi connectivity index (χ0) is 11.1. The van der Waals surface area contributed by atoms with Crippen LogP contribution in [0.2, 0.25) is 0 Å². The SMILES string of the molecule is CCC(C)(N)COCCCN1CCCC1. The molecule has 1 rings (SSSR count). The average Bonchev–Trinajstić information content (AvgIpc) is 2.70. The summed E-state index contributed by atoms with van der Waals surface area (Å²) in [5.41, 5.74) is 5.84. The van der Waals surface area contributed by atoms with E-state index in [1.54, 1.807) is 0 Å². The summed E-state index contributed by atoms with van der Waals surface area (Å²) >= 11 is 0. The molecule has 1 atom stereocenters. The van der Waals surface area contributed by atoms with Gasteiger partial charge in [-0.25, -0.2) is 0 Å². The molecule has 0 aromatic heterocycles. The Bertz CT molecular complexity index is 165. The minimum atomic E-state index is -0.145. The molecule has 1 saturated heterocycles. The van der Waals surface area contributed by atoms with Crippen molar-refractivity contribution in [2.75, 3.05) is 32.8 Å². The molecular formula is C12H26N2O.